The highest BCUT2D eigenvalue weighted by molar-refractivity contribution is 5.80. The van der Waals surface area contributed by atoms with Gasteiger partial charge < -0.3 is 10.1 Å². The Hall–Kier alpha value is -0.570. The maximum atomic E-state index is 11.3. The first-order valence-electron chi connectivity index (χ1n) is 4.71. The smallest absolute Gasteiger partial charge is 0.221 e. The fraction of sp³-hybridized carbons (Fsp3) is 0.900. The van der Waals surface area contributed by atoms with Crippen molar-refractivity contribution in [1.29, 1.82) is 0 Å². The lowest BCUT2D eigenvalue weighted by Crippen LogP contribution is -2.45. The predicted molar refractivity (Wildman–Crippen MR) is 51.4 cm³/mol. The van der Waals surface area contributed by atoms with Crippen LogP contribution >= 0.6 is 0 Å². The Balaban J connectivity index is 2.70. The zero-order valence-corrected chi connectivity index (χ0v) is 8.94. The van der Waals surface area contributed by atoms with Crippen molar-refractivity contribution in [2.75, 3.05) is 13.7 Å². The van der Waals surface area contributed by atoms with Crippen molar-refractivity contribution < 1.29 is 9.53 Å². The minimum absolute atomic E-state index is 0.0279. The molecule has 0 aliphatic carbocycles. The molecule has 1 unspecified atom stereocenters. The van der Waals surface area contributed by atoms with Gasteiger partial charge in [0.2, 0.25) is 5.91 Å². The van der Waals surface area contributed by atoms with Gasteiger partial charge in [-0.1, -0.05) is 6.92 Å². The third kappa shape index (κ3) is 1.85. The average molecular weight is 185 g/mol. The van der Waals surface area contributed by atoms with E-state index in [1.54, 1.807) is 7.11 Å². The van der Waals surface area contributed by atoms with Crippen LogP contribution in [0.1, 0.15) is 33.6 Å². The van der Waals surface area contributed by atoms with Crippen LogP contribution in [0.4, 0.5) is 0 Å². The van der Waals surface area contributed by atoms with E-state index in [9.17, 15) is 4.79 Å². The van der Waals surface area contributed by atoms with Crippen LogP contribution in [0, 0.1) is 5.41 Å². The fourth-order valence-electron chi connectivity index (χ4n) is 1.85. The molecule has 1 atom stereocenters. The molecule has 76 valence electrons. The quantitative estimate of drug-likeness (QED) is 0.720. The van der Waals surface area contributed by atoms with Crippen LogP contribution in [0.25, 0.3) is 0 Å². The van der Waals surface area contributed by atoms with E-state index in [0.29, 0.717) is 6.42 Å². The summed E-state index contributed by atoms with van der Waals surface area (Å²) in [6.45, 7) is 7.01. The molecule has 1 fully saturated rings. The van der Waals surface area contributed by atoms with Crippen LogP contribution in [0.3, 0.4) is 0 Å². The van der Waals surface area contributed by atoms with Gasteiger partial charge in [0.15, 0.2) is 0 Å². The molecule has 0 aromatic carbocycles. The number of carbonyl (C=O) groups excluding carboxylic acids is 1. The van der Waals surface area contributed by atoms with Gasteiger partial charge in [0.1, 0.15) is 0 Å². The van der Waals surface area contributed by atoms with Crippen LogP contribution in [0.2, 0.25) is 0 Å². The van der Waals surface area contributed by atoms with Gasteiger partial charge in [0, 0.05) is 31.1 Å². The summed E-state index contributed by atoms with van der Waals surface area (Å²) in [7, 11) is 1.70. The summed E-state index contributed by atoms with van der Waals surface area (Å²) >= 11 is 0. The van der Waals surface area contributed by atoms with E-state index in [0.717, 1.165) is 13.0 Å². The molecule has 1 N–H and O–H groups in total. The molecule has 1 rings (SSSR count). The lowest BCUT2D eigenvalue weighted by molar-refractivity contribution is -0.119. The molecule has 1 heterocycles. The first kappa shape index (κ1) is 10.5. The zero-order valence-electron chi connectivity index (χ0n) is 8.94. The SMILES string of the molecule is COCCC1(C)CC(=O)NC1(C)C. The maximum Gasteiger partial charge on any atom is 0.221 e. The Labute approximate surface area is 79.8 Å². The molecule has 3 nitrogen and oxygen atoms in total. The summed E-state index contributed by atoms with van der Waals surface area (Å²) in [5, 5.41) is 3.00. The third-order valence-electron chi connectivity index (χ3n) is 3.37. The third-order valence-corrected chi connectivity index (χ3v) is 3.37. The molecule has 0 bridgehead atoms. The molecule has 3 heteroatoms. The van der Waals surface area contributed by atoms with Crippen LogP contribution in [-0.4, -0.2) is 25.2 Å². The largest absolute Gasteiger partial charge is 0.385 e. The molecule has 1 aliphatic rings. The van der Waals surface area contributed by atoms with E-state index in [1.165, 1.54) is 0 Å². The average Bonchev–Trinajstić information content (AvgIpc) is 2.17. The fourth-order valence-corrected chi connectivity index (χ4v) is 1.85. The van der Waals surface area contributed by atoms with E-state index < -0.39 is 0 Å². The van der Waals surface area contributed by atoms with Gasteiger partial charge >= 0.3 is 0 Å². The second kappa shape index (κ2) is 3.29. The molecule has 0 aromatic heterocycles. The monoisotopic (exact) mass is 185 g/mol. The van der Waals surface area contributed by atoms with Gasteiger partial charge in [0.05, 0.1) is 0 Å². The number of nitrogens with one attached hydrogen (secondary N) is 1. The van der Waals surface area contributed by atoms with E-state index >= 15 is 0 Å². The van der Waals surface area contributed by atoms with Crippen molar-refractivity contribution >= 4 is 5.91 Å². The second-order valence-corrected chi connectivity index (χ2v) is 4.65. The van der Waals surface area contributed by atoms with Crippen LogP contribution in [0.15, 0.2) is 0 Å². The van der Waals surface area contributed by atoms with Gasteiger partial charge in [0.25, 0.3) is 0 Å². The molecular formula is C10H19NO2. The first-order valence-corrected chi connectivity index (χ1v) is 4.71. The van der Waals surface area contributed by atoms with E-state index in [1.807, 2.05) is 0 Å². The summed E-state index contributed by atoms with van der Waals surface area (Å²) < 4.78 is 5.06. The summed E-state index contributed by atoms with van der Waals surface area (Å²) in [5.41, 5.74) is -0.0806. The summed E-state index contributed by atoms with van der Waals surface area (Å²) in [5.74, 6) is 0.156. The summed E-state index contributed by atoms with van der Waals surface area (Å²) in [6.07, 6.45) is 1.54. The van der Waals surface area contributed by atoms with Crippen molar-refractivity contribution in [1.82, 2.24) is 5.32 Å². The number of rotatable bonds is 3. The molecule has 0 radical (unpaired) electrons. The van der Waals surface area contributed by atoms with Crippen LogP contribution < -0.4 is 5.32 Å². The van der Waals surface area contributed by atoms with E-state index in [-0.39, 0.29) is 16.9 Å². The van der Waals surface area contributed by atoms with Crippen LogP contribution in [-0.2, 0) is 9.53 Å². The Bertz CT molecular complexity index is 213. The molecule has 1 aliphatic heterocycles. The molecule has 1 amide bonds. The van der Waals surface area contributed by atoms with Crippen molar-refractivity contribution in [3.63, 3.8) is 0 Å². The lowest BCUT2D eigenvalue weighted by atomic mass is 9.72. The molecule has 0 saturated carbocycles. The Kier molecular flexibility index (Phi) is 2.66. The lowest BCUT2D eigenvalue weighted by Gasteiger charge is -2.36. The molecule has 0 aromatic rings. The van der Waals surface area contributed by atoms with Gasteiger partial charge in [-0.05, 0) is 20.3 Å². The topological polar surface area (TPSA) is 38.3 Å². The normalized spacial score (nSPS) is 31.8. The van der Waals surface area contributed by atoms with Gasteiger partial charge in [-0.15, -0.1) is 0 Å². The minimum atomic E-state index is -0.109. The zero-order chi connectivity index (χ0) is 10.1. The number of carbonyl (C=O) groups is 1. The van der Waals surface area contributed by atoms with Gasteiger partial charge in [-0.25, -0.2) is 0 Å². The maximum absolute atomic E-state index is 11.3. The van der Waals surface area contributed by atoms with Crippen molar-refractivity contribution in [3.05, 3.63) is 0 Å². The Morgan fingerprint density at radius 3 is 2.46 bits per heavy atom. The second-order valence-electron chi connectivity index (χ2n) is 4.65. The van der Waals surface area contributed by atoms with Crippen molar-refractivity contribution in [2.45, 2.75) is 39.2 Å². The minimum Gasteiger partial charge on any atom is -0.385 e. The Morgan fingerprint density at radius 1 is 1.46 bits per heavy atom. The summed E-state index contributed by atoms with van der Waals surface area (Å²) in [6, 6.07) is 0. The van der Waals surface area contributed by atoms with Crippen LogP contribution in [0.5, 0.6) is 0 Å². The van der Waals surface area contributed by atoms with Gasteiger partial charge in [-0.3, -0.25) is 4.79 Å². The van der Waals surface area contributed by atoms with E-state index in [4.69, 9.17) is 4.74 Å². The highest BCUT2D eigenvalue weighted by Crippen LogP contribution is 2.42. The molecule has 13 heavy (non-hydrogen) atoms. The first-order chi connectivity index (χ1) is 5.91. The highest BCUT2D eigenvalue weighted by atomic mass is 16.5. The predicted octanol–water partition coefficient (Wildman–Crippen LogP) is 1.33. The summed E-state index contributed by atoms with van der Waals surface area (Å²) in [4.78, 5) is 11.3. The highest BCUT2D eigenvalue weighted by Gasteiger charge is 2.48. The molecule has 0 spiro atoms. The molecular weight excluding hydrogens is 166 g/mol. The number of methoxy groups -OCH3 is 1. The van der Waals surface area contributed by atoms with E-state index in [2.05, 4.69) is 26.1 Å². The number of ether oxygens (including phenoxy) is 1. The van der Waals surface area contributed by atoms with Crippen molar-refractivity contribution in [2.24, 2.45) is 5.41 Å². The Morgan fingerprint density at radius 2 is 2.08 bits per heavy atom. The standard InChI is InChI=1S/C10H19NO2/c1-9(2)10(3,5-6-13-4)7-8(12)11-9/h5-7H2,1-4H3,(H,11,12). The number of hydrogen-bond donors (Lipinski definition) is 1. The van der Waals surface area contributed by atoms with Crippen molar-refractivity contribution in [3.8, 4) is 0 Å². The molecule has 1 saturated heterocycles. The number of amides is 1. The van der Waals surface area contributed by atoms with Gasteiger partial charge in [-0.2, -0.15) is 0 Å². The number of hydrogen-bond acceptors (Lipinski definition) is 2.